The lowest BCUT2D eigenvalue weighted by Crippen LogP contribution is -2.07. The Kier molecular flexibility index (Phi) is 5.42. The summed E-state index contributed by atoms with van der Waals surface area (Å²) < 4.78 is 6.79. The van der Waals surface area contributed by atoms with Crippen LogP contribution < -0.4 is 10.1 Å². The Morgan fingerprint density at radius 3 is 2.67 bits per heavy atom. The van der Waals surface area contributed by atoms with Gasteiger partial charge in [-0.2, -0.15) is 4.98 Å². The zero-order valence-corrected chi connectivity index (χ0v) is 14.5. The molecule has 1 aromatic carbocycles. The quantitative estimate of drug-likeness (QED) is 0.805. The van der Waals surface area contributed by atoms with Crippen molar-refractivity contribution < 1.29 is 4.74 Å². The number of rotatable bonds is 5. The standard InChI is InChI=1S/C15H17BrClN3O/c1-4-13-19-14(18-5-2)9(3)15(20-13)21-12-7-6-10(16)8-11(12)17/h6-8H,4-5H2,1-3H3,(H,18,19,20). The molecular weight excluding hydrogens is 354 g/mol. The van der Waals surface area contributed by atoms with E-state index in [2.05, 4.69) is 31.2 Å². The van der Waals surface area contributed by atoms with Gasteiger partial charge in [0.1, 0.15) is 17.4 Å². The van der Waals surface area contributed by atoms with Gasteiger partial charge < -0.3 is 10.1 Å². The number of aryl methyl sites for hydroxylation is 1. The summed E-state index contributed by atoms with van der Waals surface area (Å²) in [5.74, 6) is 2.64. The summed E-state index contributed by atoms with van der Waals surface area (Å²) in [6.45, 7) is 6.76. The summed E-state index contributed by atoms with van der Waals surface area (Å²) in [7, 11) is 0. The predicted molar refractivity (Wildman–Crippen MR) is 89.5 cm³/mol. The van der Waals surface area contributed by atoms with Gasteiger partial charge in [-0.05, 0) is 32.0 Å². The fourth-order valence-electron chi connectivity index (χ4n) is 1.80. The van der Waals surface area contributed by atoms with Crippen molar-refractivity contribution >= 4 is 33.3 Å². The number of halogens is 2. The molecule has 0 spiro atoms. The lowest BCUT2D eigenvalue weighted by molar-refractivity contribution is 0.455. The molecule has 2 rings (SSSR count). The molecular formula is C15H17BrClN3O. The van der Waals surface area contributed by atoms with Gasteiger partial charge in [-0.1, -0.05) is 34.5 Å². The highest BCUT2D eigenvalue weighted by Crippen LogP contribution is 2.33. The molecule has 0 fully saturated rings. The van der Waals surface area contributed by atoms with E-state index in [1.165, 1.54) is 0 Å². The van der Waals surface area contributed by atoms with Crippen LogP contribution in [0.25, 0.3) is 0 Å². The normalized spacial score (nSPS) is 10.5. The van der Waals surface area contributed by atoms with Crippen LogP contribution >= 0.6 is 27.5 Å². The fraction of sp³-hybridized carbons (Fsp3) is 0.333. The molecule has 0 amide bonds. The van der Waals surface area contributed by atoms with Crippen LogP contribution in [0.15, 0.2) is 22.7 Å². The number of nitrogens with one attached hydrogen (secondary N) is 1. The first-order valence-electron chi connectivity index (χ1n) is 6.79. The molecule has 1 heterocycles. The Morgan fingerprint density at radius 2 is 2.05 bits per heavy atom. The second-order valence-electron chi connectivity index (χ2n) is 4.48. The molecule has 6 heteroatoms. The third-order valence-electron chi connectivity index (χ3n) is 2.91. The number of aromatic nitrogens is 2. The Bertz CT molecular complexity index is 649. The zero-order valence-electron chi connectivity index (χ0n) is 12.2. The van der Waals surface area contributed by atoms with E-state index in [-0.39, 0.29) is 0 Å². The largest absolute Gasteiger partial charge is 0.437 e. The molecule has 112 valence electrons. The van der Waals surface area contributed by atoms with Crippen LogP contribution in [0, 0.1) is 6.92 Å². The Hall–Kier alpha value is -1.33. The van der Waals surface area contributed by atoms with Crippen molar-refractivity contribution in [3.63, 3.8) is 0 Å². The second kappa shape index (κ2) is 7.09. The Morgan fingerprint density at radius 1 is 1.29 bits per heavy atom. The monoisotopic (exact) mass is 369 g/mol. The van der Waals surface area contributed by atoms with Crippen LogP contribution in [0.2, 0.25) is 5.02 Å². The number of nitrogens with zero attached hydrogens (tertiary/aromatic N) is 2. The van der Waals surface area contributed by atoms with E-state index in [1.54, 1.807) is 6.07 Å². The van der Waals surface area contributed by atoms with Crippen LogP contribution in [0.3, 0.4) is 0 Å². The summed E-state index contributed by atoms with van der Waals surface area (Å²) in [6, 6.07) is 5.48. The van der Waals surface area contributed by atoms with Crippen molar-refractivity contribution in [2.75, 3.05) is 11.9 Å². The minimum Gasteiger partial charge on any atom is -0.437 e. The van der Waals surface area contributed by atoms with E-state index in [0.29, 0.717) is 16.7 Å². The van der Waals surface area contributed by atoms with E-state index in [1.807, 2.05) is 32.9 Å². The maximum absolute atomic E-state index is 6.19. The second-order valence-corrected chi connectivity index (χ2v) is 5.80. The predicted octanol–water partition coefficient (Wildman–Crippen LogP) is 4.99. The highest BCUT2D eigenvalue weighted by atomic mass is 79.9. The van der Waals surface area contributed by atoms with Crippen LogP contribution in [0.4, 0.5) is 5.82 Å². The van der Waals surface area contributed by atoms with Crippen molar-refractivity contribution in [1.29, 1.82) is 0 Å². The average molecular weight is 371 g/mol. The number of hydrogen-bond donors (Lipinski definition) is 1. The molecule has 0 unspecified atom stereocenters. The fourth-order valence-corrected chi connectivity index (χ4v) is 2.51. The lowest BCUT2D eigenvalue weighted by Gasteiger charge is -2.14. The Labute approximate surface area is 138 Å². The SMILES string of the molecule is CCNc1nc(CC)nc(Oc2ccc(Br)cc2Cl)c1C. The van der Waals surface area contributed by atoms with Crippen LogP contribution in [-0.4, -0.2) is 16.5 Å². The topological polar surface area (TPSA) is 47.0 Å². The van der Waals surface area contributed by atoms with Gasteiger partial charge in [-0.15, -0.1) is 0 Å². The summed E-state index contributed by atoms with van der Waals surface area (Å²) in [5.41, 5.74) is 0.869. The van der Waals surface area contributed by atoms with Crippen molar-refractivity contribution in [2.45, 2.75) is 27.2 Å². The maximum atomic E-state index is 6.19. The van der Waals surface area contributed by atoms with E-state index in [9.17, 15) is 0 Å². The van der Waals surface area contributed by atoms with Gasteiger partial charge in [0.05, 0.1) is 10.6 Å². The maximum Gasteiger partial charge on any atom is 0.227 e. The van der Waals surface area contributed by atoms with Crippen molar-refractivity contribution in [2.24, 2.45) is 0 Å². The molecule has 0 aliphatic carbocycles. The third kappa shape index (κ3) is 3.86. The average Bonchev–Trinajstić information content (AvgIpc) is 2.46. The lowest BCUT2D eigenvalue weighted by atomic mass is 10.3. The molecule has 0 radical (unpaired) electrons. The van der Waals surface area contributed by atoms with Crippen LogP contribution in [0.5, 0.6) is 11.6 Å². The number of hydrogen-bond acceptors (Lipinski definition) is 4. The van der Waals surface area contributed by atoms with Crippen LogP contribution in [-0.2, 0) is 6.42 Å². The van der Waals surface area contributed by atoms with Gasteiger partial charge in [0.2, 0.25) is 5.88 Å². The van der Waals surface area contributed by atoms with Crippen LogP contribution in [0.1, 0.15) is 25.2 Å². The van der Waals surface area contributed by atoms with Gasteiger partial charge in [0.15, 0.2) is 0 Å². The molecule has 0 saturated carbocycles. The van der Waals surface area contributed by atoms with E-state index in [4.69, 9.17) is 16.3 Å². The molecule has 4 nitrogen and oxygen atoms in total. The molecule has 1 aromatic heterocycles. The van der Waals surface area contributed by atoms with Gasteiger partial charge in [0, 0.05) is 17.4 Å². The first-order valence-corrected chi connectivity index (χ1v) is 7.96. The molecule has 0 bridgehead atoms. The molecule has 21 heavy (non-hydrogen) atoms. The van der Waals surface area contributed by atoms with Gasteiger partial charge in [-0.25, -0.2) is 4.98 Å². The van der Waals surface area contributed by atoms with Gasteiger partial charge in [-0.3, -0.25) is 0 Å². The molecule has 0 aliphatic heterocycles. The highest BCUT2D eigenvalue weighted by molar-refractivity contribution is 9.10. The third-order valence-corrected chi connectivity index (χ3v) is 3.70. The van der Waals surface area contributed by atoms with Gasteiger partial charge >= 0.3 is 0 Å². The minimum atomic E-state index is 0.530. The number of benzene rings is 1. The van der Waals surface area contributed by atoms with Gasteiger partial charge in [0.25, 0.3) is 0 Å². The van der Waals surface area contributed by atoms with Crippen molar-refractivity contribution in [3.8, 4) is 11.6 Å². The molecule has 2 aromatic rings. The smallest absolute Gasteiger partial charge is 0.227 e. The minimum absolute atomic E-state index is 0.530. The molecule has 1 N–H and O–H groups in total. The summed E-state index contributed by atoms with van der Waals surface area (Å²) in [6.07, 6.45) is 0.739. The molecule has 0 atom stereocenters. The summed E-state index contributed by atoms with van der Waals surface area (Å²) in [5, 5.41) is 3.76. The van der Waals surface area contributed by atoms with Crippen molar-refractivity contribution in [3.05, 3.63) is 39.1 Å². The Balaban J connectivity index is 2.40. The highest BCUT2D eigenvalue weighted by Gasteiger charge is 2.13. The summed E-state index contributed by atoms with van der Waals surface area (Å²) in [4.78, 5) is 8.93. The number of anilines is 1. The number of ether oxygens (including phenoxy) is 1. The van der Waals surface area contributed by atoms with E-state index >= 15 is 0 Å². The summed E-state index contributed by atoms with van der Waals surface area (Å²) >= 11 is 9.57. The van der Waals surface area contributed by atoms with Crippen molar-refractivity contribution in [1.82, 2.24) is 9.97 Å². The molecule has 0 aliphatic rings. The first-order chi connectivity index (χ1) is 10.0. The van der Waals surface area contributed by atoms with E-state index in [0.717, 1.165) is 34.6 Å². The molecule has 0 saturated heterocycles. The van der Waals surface area contributed by atoms with E-state index < -0.39 is 0 Å². The zero-order chi connectivity index (χ0) is 15.4. The first kappa shape index (κ1) is 16.0.